The molecule has 0 aliphatic heterocycles. The summed E-state index contributed by atoms with van der Waals surface area (Å²) in [5.74, 6) is 0.495. The van der Waals surface area contributed by atoms with Gasteiger partial charge in [-0.1, -0.05) is 18.0 Å². The van der Waals surface area contributed by atoms with Crippen LogP contribution in [-0.4, -0.2) is 15.6 Å². The highest BCUT2D eigenvalue weighted by Crippen LogP contribution is 2.29. The average molecular weight is 193 g/mol. The summed E-state index contributed by atoms with van der Waals surface area (Å²) in [7, 11) is 0. The second-order valence-electron chi connectivity index (χ2n) is 3.98. The molecule has 0 spiro atoms. The van der Waals surface area contributed by atoms with Gasteiger partial charge in [0.1, 0.15) is 6.04 Å². The van der Waals surface area contributed by atoms with Gasteiger partial charge < -0.3 is 4.57 Å². The van der Waals surface area contributed by atoms with Crippen molar-refractivity contribution in [2.75, 3.05) is 0 Å². The van der Waals surface area contributed by atoms with Crippen LogP contribution in [0.5, 0.6) is 0 Å². The maximum atomic E-state index is 10.7. The van der Waals surface area contributed by atoms with Gasteiger partial charge >= 0.3 is 0 Å². The van der Waals surface area contributed by atoms with Gasteiger partial charge in [-0.3, -0.25) is 0 Å². The Morgan fingerprint density at radius 3 is 2.86 bits per heavy atom. The highest BCUT2D eigenvalue weighted by Gasteiger charge is 2.25. The molecule has 1 heterocycles. The zero-order chi connectivity index (χ0) is 9.80. The Kier molecular flexibility index (Phi) is 2.91. The van der Waals surface area contributed by atoms with Gasteiger partial charge in [0.2, 0.25) is 0 Å². The summed E-state index contributed by atoms with van der Waals surface area (Å²) in [5.41, 5.74) is 0. The van der Waals surface area contributed by atoms with Gasteiger partial charge in [0, 0.05) is 18.9 Å². The lowest BCUT2D eigenvalue weighted by Gasteiger charge is -2.16. The molecule has 1 aliphatic carbocycles. The molecule has 1 aliphatic rings. The molecule has 0 bridgehead atoms. The Labute approximate surface area is 83.3 Å². The summed E-state index contributed by atoms with van der Waals surface area (Å²) >= 11 is 0. The van der Waals surface area contributed by atoms with Crippen molar-refractivity contribution in [1.82, 2.24) is 9.55 Å². The highest BCUT2D eigenvalue weighted by atomic mass is 16.3. The number of hydrogen-bond acceptors (Lipinski definition) is 3. The number of nitrogens with zero attached hydrogens (tertiary/aromatic N) is 3. The molecule has 1 fully saturated rings. The van der Waals surface area contributed by atoms with Gasteiger partial charge in [-0.15, -0.1) is 0 Å². The molecule has 1 saturated carbocycles. The normalized spacial score (nSPS) is 19.7. The first-order chi connectivity index (χ1) is 6.90. The Bertz CT molecular complexity index is 278. The molecule has 4 heteroatoms. The van der Waals surface area contributed by atoms with E-state index in [0.29, 0.717) is 12.5 Å². The van der Waals surface area contributed by atoms with Crippen molar-refractivity contribution in [3.63, 3.8) is 0 Å². The van der Waals surface area contributed by atoms with Gasteiger partial charge in [0.05, 0.1) is 6.33 Å². The summed E-state index contributed by atoms with van der Waals surface area (Å²) in [6, 6.07) is -0.0632. The van der Waals surface area contributed by atoms with E-state index in [4.69, 9.17) is 0 Å². The van der Waals surface area contributed by atoms with Crippen molar-refractivity contribution in [1.29, 1.82) is 0 Å². The van der Waals surface area contributed by atoms with Crippen LogP contribution in [0.1, 0.15) is 25.7 Å². The lowest BCUT2D eigenvalue weighted by molar-refractivity contribution is 0.387. The SMILES string of the molecule is O=NC(Cn1ccnc1)C1CCCC1. The third-order valence-corrected chi connectivity index (χ3v) is 3.04. The summed E-state index contributed by atoms with van der Waals surface area (Å²) in [5, 5.41) is 3.25. The maximum Gasteiger partial charge on any atom is 0.113 e. The predicted octanol–water partition coefficient (Wildman–Crippen LogP) is 2.21. The lowest BCUT2D eigenvalue weighted by atomic mass is 9.99. The van der Waals surface area contributed by atoms with Gasteiger partial charge in [-0.2, -0.15) is 4.91 Å². The van der Waals surface area contributed by atoms with E-state index < -0.39 is 0 Å². The molecule has 2 rings (SSSR count). The second kappa shape index (κ2) is 4.35. The fraction of sp³-hybridized carbons (Fsp3) is 0.700. The van der Waals surface area contributed by atoms with Gasteiger partial charge in [-0.25, -0.2) is 4.98 Å². The molecule has 76 valence electrons. The monoisotopic (exact) mass is 193 g/mol. The lowest BCUT2D eigenvalue weighted by Crippen LogP contribution is -2.21. The molecule has 0 amide bonds. The highest BCUT2D eigenvalue weighted by molar-refractivity contribution is 4.83. The van der Waals surface area contributed by atoms with Crippen LogP contribution in [0.25, 0.3) is 0 Å². The first-order valence-electron chi connectivity index (χ1n) is 5.18. The summed E-state index contributed by atoms with van der Waals surface area (Å²) < 4.78 is 1.93. The minimum Gasteiger partial charge on any atom is -0.335 e. The standard InChI is InChI=1S/C10H15N3O/c14-12-10(9-3-1-2-4-9)7-13-6-5-11-8-13/h5-6,8-10H,1-4,7H2. The van der Waals surface area contributed by atoms with E-state index >= 15 is 0 Å². The largest absolute Gasteiger partial charge is 0.335 e. The Balaban J connectivity index is 1.95. The number of rotatable bonds is 4. The van der Waals surface area contributed by atoms with Crippen molar-refractivity contribution in [3.8, 4) is 0 Å². The molecular formula is C10H15N3O. The average Bonchev–Trinajstić information content (AvgIpc) is 2.86. The number of imidazole rings is 1. The summed E-state index contributed by atoms with van der Waals surface area (Å²) in [6.07, 6.45) is 10.2. The molecule has 1 unspecified atom stereocenters. The van der Waals surface area contributed by atoms with Crippen molar-refractivity contribution in [2.45, 2.75) is 38.3 Å². The quantitative estimate of drug-likeness (QED) is 0.688. The van der Waals surface area contributed by atoms with Crippen molar-refractivity contribution >= 4 is 0 Å². The first kappa shape index (κ1) is 9.37. The van der Waals surface area contributed by atoms with Gasteiger partial charge in [0.25, 0.3) is 0 Å². The number of hydrogen-bond donors (Lipinski definition) is 0. The van der Waals surface area contributed by atoms with Crippen molar-refractivity contribution < 1.29 is 0 Å². The number of nitroso groups, excluding NO2 is 1. The zero-order valence-electron chi connectivity index (χ0n) is 8.17. The first-order valence-corrected chi connectivity index (χ1v) is 5.18. The maximum absolute atomic E-state index is 10.7. The topological polar surface area (TPSA) is 47.2 Å². The van der Waals surface area contributed by atoms with Crippen LogP contribution in [-0.2, 0) is 6.54 Å². The van der Waals surface area contributed by atoms with E-state index in [2.05, 4.69) is 10.2 Å². The molecule has 0 radical (unpaired) electrons. The summed E-state index contributed by atoms with van der Waals surface area (Å²) in [6.45, 7) is 0.689. The zero-order valence-corrected chi connectivity index (χ0v) is 8.17. The van der Waals surface area contributed by atoms with Crippen molar-refractivity contribution in [2.24, 2.45) is 11.1 Å². The molecule has 0 aromatic carbocycles. The molecule has 14 heavy (non-hydrogen) atoms. The second-order valence-corrected chi connectivity index (χ2v) is 3.98. The predicted molar refractivity (Wildman–Crippen MR) is 53.8 cm³/mol. The van der Waals surface area contributed by atoms with Crippen LogP contribution < -0.4 is 0 Å². The molecule has 1 atom stereocenters. The minimum atomic E-state index is -0.0632. The Hall–Kier alpha value is -1.19. The van der Waals surface area contributed by atoms with E-state index in [0.717, 1.165) is 12.8 Å². The van der Waals surface area contributed by atoms with E-state index in [9.17, 15) is 4.91 Å². The number of aromatic nitrogens is 2. The van der Waals surface area contributed by atoms with E-state index in [1.165, 1.54) is 12.8 Å². The molecule has 4 nitrogen and oxygen atoms in total. The minimum absolute atomic E-state index is 0.0632. The van der Waals surface area contributed by atoms with Crippen LogP contribution in [0.3, 0.4) is 0 Å². The van der Waals surface area contributed by atoms with Gasteiger partial charge in [0.15, 0.2) is 0 Å². The Morgan fingerprint density at radius 1 is 1.50 bits per heavy atom. The fourth-order valence-electron chi connectivity index (χ4n) is 2.22. The molecule has 1 aromatic rings. The third kappa shape index (κ3) is 2.00. The Morgan fingerprint density at radius 2 is 2.29 bits per heavy atom. The van der Waals surface area contributed by atoms with Gasteiger partial charge in [-0.05, 0) is 18.8 Å². The fourth-order valence-corrected chi connectivity index (χ4v) is 2.22. The molecule has 1 aromatic heterocycles. The third-order valence-electron chi connectivity index (χ3n) is 3.04. The van der Waals surface area contributed by atoms with Crippen LogP contribution >= 0.6 is 0 Å². The van der Waals surface area contributed by atoms with Crippen LogP contribution in [0, 0.1) is 10.8 Å². The van der Waals surface area contributed by atoms with Crippen LogP contribution in [0.15, 0.2) is 23.9 Å². The van der Waals surface area contributed by atoms with Crippen molar-refractivity contribution in [3.05, 3.63) is 23.6 Å². The molecule has 0 saturated heterocycles. The smallest absolute Gasteiger partial charge is 0.113 e. The van der Waals surface area contributed by atoms with E-state index in [-0.39, 0.29) is 6.04 Å². The molecule has 0 N–H and O–H groups in total. The molecular weight excluding hydrogens is 178 g/mol. The van der Waals surface area contributed by atoms with E-state index in [1.807, 2.05) is 10.8 Å². The van der Waals surface area contributed by atoms with Crippen LogP contribution in [0.4, 0.5) is 0 Å². The van der Waals surface area contributed by atoms with Crippen LogP contribution in [0.2, 0.25) is 0 Å². The van der Waals surface area contributed by atoms with E-state index in [1.54, 1.807) is 12.5 Å². The summed E-state index contributed by atoms with van der Waals surface area (Å²) in [4.78, 5) is 14.7.